The number of hydrogen-bond donors (Lipinski definition) is 1. The van der Waals surface area contributed by atoms with Gasteiger partial charge < -0.3 is 5.32 Å². The maximum atomic E-state index is 13.1. The highest BCUT2D eigenvalue weighted by molar-refractivity contribution is 7.16. The first kappa shape index (κ1) is 20.7. The number of carbonyl (C=O) groups is 3. The Morgan fingerprint density at radius 3 is 2.53 bits per heavy atom. The van der Waals surface area contributed by atoms with Crippen LogP contribution in [0.15, 0.2) is 24.3 Å². The van der Waals surface area contributed by atoms with Gasteiger partial charge in [0.25, 0.3) is 0 Å². The van der Waals surface area contributed by atoms with Crippen LogP contribution in [0, 0.1) is 30.6 Å². The van der Waals surface area contributed by atoms with E-state index in [-0.39, 0.29) is 29.7 Å². The van der Waals surface area contributed by atoms with E-state index in [9.17, 15) is 14.4 Å². The lowest BCUT2D eigenvalue weighted by Crippen LogP contribution is -2.60. The van der Waals surface area contributed by atoms with Crippen molar-refractivity contribution in [3.8, 4) is 11.3 Å². The number of piperidine rings is 1. The molecular formula is C23H27N3O3S. The Morgan fingerprint density at radius 2 is 1.87 bits per heavy atom. The van der Waals surface area contributed by atoms with Crippen molar-refractivity contribution >= 4 is 34.2 Å². The molecule has 2 aromatic rings. The Hall–Kier alpha value is -2.54. The van der Waals surface area contributed by atoms with E-state index < -0.39 is 11.3 Å². The van der Waals surface area contributed by atoms with E-state index in [2.05, 4.69) is 10.3 Å². The molecule has 0 radical (unpaired) electrons. The zero-order chi connectivity index (χ0) is 21.8. The van der Waals surface area contributed by atoms with Crippen LogP contribution in [0.4, 0.5) is 5.13 Å². The van der Waals surface area contributed by atoms with Crippen molar-refractivity contribution < 1.29 is 14.4 Å². The third-order valence-electron chi connectivity index (χ3n) is 7.18. The second-order valence-corrected chi connectivity index (χ2v) is 10.4. The van der Waals surface area contributed by atoms with E-state index in [0.717, 1.165) is 21.0 Å². The van der Waals surface area contributed by atoms with Gasteiger partial charge in [-0.3, -0.25) is 19.3 Å². The fourth-order valence-electron chi connectivity index (χ4n) is 4.78. The van der Waals surface area contributed by atoms with E-state index in [1.807, 2.05) is 58.9 Å². The fraction of sp³-hybridized carbons (Fsp3) is 0.478. The molecule has 2 heterocycles. The molecule has 2 fully saturated rings. The van der Waals surface area contributed by atoms with Crippen LogP contribution in [0.5, 0.6) is 0 Å². The molecule has 2 bridgehead atoms. The number of thiazole rings is 1. The Labute approximate surface area is 180 Å². The molecule has 0 spiro atoms. The number of rotatable bonds is 4. The van der Waals surface area contributed by atoms with Crippen LogP contribution in [0.3, 0.4) is 0 Å². The minimum absolute atomic E-state index is 0.219. The van der Waals surface area contributed by atoms with E-state index in [0.29, 0.717) is 18.0 Å². The Morgan fingerprint density at radius 1 is 1.20 bits per heavy atom. The van der Waals surface area contributed by atoms with E-state index >= 15 is 0 Å². The monoisotopic (exact) mass is 425 g/mol. The smallest absolute Gasteiger partial charge is 0.246 e. The minimum atomic E-state index is -0.609. The van der Waals surface area contributed by atoms with Crippen LogP contribution in [0.1, 0.15) is 44.1 Å². The molecule has 1 saturated heterocycles. The summed E-state index contributed by atoms with van der Waals surface area (Å²) < 4.78 is 0. The molecule has 2 aliphatic rings. The van der Waals surface area contributed by atoms with Gasteiger partial charge in [0.1, 0.15) is 6.54 Å². The van der Waals surface area contributed by atoms with Crippen molar-refractivity contribution in [1.29, 1.82) is 0 Å². The second kappa shape index (κ2) is 7.01. The first-order valence-corrected chi connectivity index (χ1v) is 11.1. The number of nitrogens with one attached hydrogen (secondary N) is 1. The van der Waals surface area contributed by atoms with Crippen molar-refractivity contribution in [2.75, 3.05) is 11.9 Å². The third kappa shape index (κ3) is 3.07. The quantitative estimate of drug-likeness (QED) is 0.746. The molecule has 2 unspecified atom stereocenters. The number of aryl methyl sites for hydroxylation is 2. The number of anilines is 1. The standard InChI is InChI=1S/C23H27N3O3S/c1-13-6-8-15(9-7-13)18-14(2)30-21(25-18)24-17(27)12-26-19(28)16-10-11-23(5,20(26)29)22(16,3)4/h6-9,16H,10-12H2,1-5H3,(H,24,25,27). The van der Waals surface area contributed by atoms with Gasteiger partial charge in [0, 0.05) is 16.4 Å². The van der Waals surface area contributed by atoms with Gasteiger partial charge in [-0.25, -0.2) is 4.98 Å². The molecule has 1 aromatic carbocycles. The van der Waals surface area contributed by atoms with Crippen molar-refractivity contribution in [3.63, 3.8) is 0 Å². The summed E-state index contributed by atoms with van der Waals surface area (Å²) in [4.78, 5) is 45.4. The lowest BCUT2D eigenvalue weighted by atomic mass is 9.62. The molecule has 1 saturated carbocycles. The lowest BCUT2D eigenvalue weighted by molar-refractivity contribution is -0.168. The van der Waals surface area contributed by atoms with Crippen molar-refractivity contribution in [2.45, 2.75) is 47.5 Å². The summed E-state index contributed by atoms with van der Waals surface area (Å²) in [5.74, 6) is -1.09. The van der Waals surface area contributed by atoms with Gasteiger partial charge in [-0.15, -0.1) is 11.3 Å². The molecule has 1 aliphatic heterocycles. The number of fused-ring (bicyclic) bond motifs is 2. The maximum absolute atomic E-state index is 13.1. The fourth-order valence-corrected chi connectivity index (χ4v) is 5.63. The maximum Gasteiger partial charge on any atom is 0.246 e. The SMILES string of the molecule is Cc1ccc(-c2nc(NC(=O)CN3C(=O)C4CCC(C)(C3=O)C4(C)C)sc2C)cc1. The van der Waals surface area contributed by atoms with Crippen LogP contribution in [-0.2, 0) is 14.4 Å². The predicted octanol–water partition coefficient (Wildman–Crippen LogP) is 4.18. The average Bonchev–Trinajstić information content (AvgIpc) is 3.13. The van der Waals surface area contributed by atoms with Gasteiger partial charge in [-0.2, -0.15) is 0 Å². The first-order valence-electron chi connectivity index (χ1n) is 10.2. The highest BCUT2D eigenvalue weighted by Gasteiger charge is 2.64. The van der Waals surface area contributed by atoms with Gasteiger partial charge in [0.2, 0.25) is 17.7 Å². The van der Waals surface area contributed by atoms with Crippen LogP contribution in [0.25, 0.3) is 11.3 Å². The highest BCUT2D eigenvalue weighted by Crippen LogP contribution is 2.59. The highest BCUT2D eigenvalue weighted by atomic mass is 32.1. The number of amides is 3. The molecule has 1 N–H and O–H groups in total. The minimum Gasteiger partial charge on any atom is -0.300 e. The molecule has 1 aromatic heterocycles. The summed E-state index contributed by atoms with van der Waals surface area (Å²) >= 11 is 1.39. The topological polar surface area (TPSA) is 79.4 Å². The van der Waals surface area contributed by atoms with Crippen LogP contribution < -0.4 is 5.32 Å². The van der Waals surface area contributed by atoms with E-state index in [4.69, 9.17) is 0 Å². The summed E-state index contributed by atoms with van der Waals surface area (Å²) in [6.45, 7) is 9.62. The van der Waals surface area contributed by atoms with Crippen molar-refractivity contribution in [3.05, 3.63) is 34.7 Å². The zero-order valence-corrected chi connectivity index (χ0v) is 18.9. The molecule has 4 rings (SSSR count). The number of imide groups is 1. The number of benzene rings is 1. The van der Waals surface area contributed by atoms with Gasteiger partial charge >= 0.3 is 0 Å². The van der Waals surface area contributed by atoms with E-state index in [1.54, 1.807) is 0 Å². The molecule has 6 nitrogen and oxygen atoms in total. The molecule has 3 amide bonds. The number of hydrogen-bond acceptors (Lipinski definition) is 5. The Bertz CT molecular complexity index is 1040. The average molecular weight is 426 g/mol. The van der Waals surface area contributed by atoms with Crippen LogP contribution >= 0.6 is 11.3 Å². The largest absolute Gasteiger partial charge is 0.300 e. The molecular weight excluding hydrogens is 398 g/mol. The summed E-state index contributed by atoms with van der Waals surface area (Å²) in [6, 6.07) is 8.06. The van der Waals surface area contributed by atoms with E-state index in [1.165, 1.54) is 16.9 Å². The molecule has 30 heavy (non-hydrogen) atoms. The van der Waals surface area contributed by atoms with Gasteiger partial charge in [0.05, 0.1) is 11.1 Å². The number of likely N-dealkylation sites (tertiary alicyclic amines) is 1. The van der Waals surface area contributed by atoms with Crippen molar-refractivity contribution in [1.82, 2.24) is 9.88 Å². The number of carbonyl (C=O) groups excluding carboxylic acids is 3. The van der Waals surface area contributed by atoms with Gasteiger partial charge in [-0.1, -0.05) is 50.6 Å². The summed E-state index contributed by atoms with van der Waals surface area (Å²) in [5, 5.41) is 3.25. The summed E-state index contributed by atoms with van der Waals surface area (Å²) in [7, 11) is 0. The first-order chi connectivity index (χ1) is 14.0. The van der Waals surface area contributed by atoms with Gasteiger partial charge in [-0.05, 0) is 32.1 Å². The Balaban J connectivity index is 1.49. The summed E-state index contributed by atoms with van der Waals surface area (Å²) in [6.07, 6.45) is 1.37. The molecule has 158 valence electrons. The predicted molar refractivity (Wildman–Crippen MR) is 117 cm³/mol. The molecule has 1 aliphatic carbocycles. The normalized spacial score (nSPS) is 25.0. The number of aromatic nitrogens is 1. The van der Waals surface area contributed by atoms with Crippen LogP contribution in [0.2, 0.25) is 0 Å². The Kier molecular flexibility index (Phi) is 4.84. The molecule has 2 atom stereocenters. The zero-order valence-electron chi connectivity index (χ0n) is 18.0. The van der Waals surface area contributed by atoms with Gasteiger partial charge in [0.15, 0.2) is 5.13 Å². The number of nitrogens with zero attached hydrogens (tertiary/aromatic N) is 2. The lowest BCUT2D eigenvalue weighted by Gasteiger charge is -2.47. The van der Waals surface area contributed by atoms with Crippen LogP contribution in [-0.4, -0.2) is 34.2 Å². The summed E-state index contributed by atoms with van der Waals surface area (Å²) in [5.41, 5.74) is 1.99. The molecule has 7 heteroatoms. The third-order valence-corrected chi connectivity index (χ3v) is 8.06. The van der Waals surface area contributed by atoms with Crippen molar-refractivity contribution in [2.24, 2.45) is 16.7 Å². The second-order valence-electron chi connectivity index (χ2n) is 9.21.